The summed E-state index contributed by atoms with van der Waals surface area (Å²) in [6.07, 6.45) is 1.64. The highest BCUT2D eigenvalue weighted by Gasteiger charge is 2.06. The minimum absolute atomic E-state index is 0.0233. The molecule has 116 valence electrons. The van der Waals surface area contributed by atoms with Gasteiger partial charge in [-0.25, -0.2) is 0 Å². The molecule has 1 aromatic rings. The molecule has 2 N–H and O–H groups in total. The fourth-order valence-corrected chi connectivity index (χ4v) is 1.63. The number of nitrogens with zero attached hydrogens (tertiary/aromatic N) is 1. The molecule has 7 nitrogen and oxygen atoms in total. The van der Waals surface area contributed by atoms with Gasteiger partial charge < -0.3 is 15.2 Å². The molecular weight excluding hydrogens is 276 g/mol. The third-order valence-corrected chi connectivity index (χ3v) is 2.93. The van der Waals surface area contributed by atoms with Crippen LogP contribution in [0.3, 0.4) is 0 Å². The number of aliphatic hydroxyl groups is 1. The van der Waals surface area contributed by atoms with Gasteiger partial charge in [-0.3, -0.25) is 14.9 Å². The van der Waals surface area contributed by atoms with Gasteiger partial charge in [0.05, 0.1) is 4.92 Å². The molecule has 7 heteroatoms. The number of nitro benzene ring substituents is 1. The van der Waals surface area contributed by atoms with Crippen LogP contribution in [0, 0.1) is 16.0 Å². The average molecular weight is 296 g/mol. The van der Waals surface area contributed by atoms with Crippen LogP contribution in [0.2, 0.25) is 0 Å². The van der Waals surface area contributed by atoms with Crippen molar-refractivity contribution in [2.75, 3.05) is 19.8 Å². The van der Waals surface area contributed by atoms with Crippen LogP contribution in [0.4, 0.5) is 5.69 Å². The summed E-state index contributed by atoms with van der Waals surface area (Å²) in [6, 6.07) is 5.55. The number of rotatable bonds is 9. The predicted octanol–water partition coefficient (Wildman–Crippen LogP) is 1.50. The SMILES string of the molecule is CC(CO)CCCNC(=O)COc1ccc([N+](=O)[O-])cc1. The monoisotopic (exact) mass is 296 g/mol. The molecule has 1 amide bonds. The van der Waals surface area contributed by atoms with Crippen LogP contribution >= 0.6 is 0 Å². The highest BCUT2D eigenvalue weighted by molar-refractivity contribution is 5.77. The van der Waals surface area contributed by atoms with E-state index in [2.05, 4.69) is 5.32 Å². The molecule has 1 aromatic carbocycles. The minimum Gasteiger partial charge on any atom is -0.484 e. The number of carbonyl (C=O) groups is 1. The lowest BCUT2D eigenvalue weighted by Crippen LogP contribution is -2.29. The second-order valence-corrected chi connectivity index (χ2v) is 4.82. The van der Waals surface area contributed by atoms with E-state index in [1.54, 1.807) is 0 Å². The van der Waals surface area contributed by atoms with Crippen molar-refractivity contribution < 1.29 is 19.6 Å². The number of nitrogens with one attached hydrogen (secondary N) is 1. The average Bonchev–Trinajstić information content (AvgIpc) is 2.49. The summed E-state index contributed by atoms with van der Waals surface area (Å²) < 4.78 is 5.23. The van der Waals surface area contributed by atoms with Crippen molar-refractivity contribution in [2.45, 2.75) is 19.8 Å². The molecule has 1 atom stereocenters. The zero-order valence-corrected chi connectivity index (χ0v) is 11.9. The van der Waals surface area contributed by atoms with E-state index in [0.29, 0.717) is 12.3 Å². The van der Waals surface area contributed by atoms with E-state index in [1.165, 1.54) is 24.3 Å². The van der Waals surface area contributed by atoms with E-state index in [-0.39, 0.29) is 30.7 Å². The van der Waals surface area contributed by atoms with Gasteiger partial charge in [0, 0.05) is 25.3 Å². The topological polar surface area (TPSA) is 102 Å². The maximum absolute atomic E-state index is 11.5. The Morgan fingerprint density at radius 2 is 2.10 bits per heavy atom. The van der Waals surface area contributed by atoms with Gasteiger partial charge in [0.25, 0.3) is 11.6 Å². The Hall–Kier alpha value is -2.15. The largest absolute Gasteiger partial charge is 0.484 e. The van der Waals surface area contributed by atoms with Crippen LogP contribution in [-0.2, 0) is 4.79 Å². The third kappa shape index (κ3) is 6.71. The molecule has 0 radical (unpaired) electrons. The molecule has 0 saturated carbocycles. The summed E-state index contributed by atoms with van der Waals surface area (Å²) in [4.78, 5) is 21.5. The standard InChI is InChI=1S/C14H20N2O5/c1-11(9-17)3-2-8-15-14(18)10-21-13-6-4-12(5-7-13)16(19)20/h4-7,11,17H,2-3,8-10H2,1H3,(H,15,18). The third-order valence-electron chi connectivity index (χ3n) is 2.93. The number of hydrogen-bond acceptors (Lipinski definition) is 5. The van der Waals surface area contributed by atoms with Gasteiger partial charge in [-0.05, 0) is 30.9 Å². The number of non-ortho nitro benzene ring substituents is 1. The zero-order valence-electron chi connectivity index (χ0n) is 11.9. The molecule has 1 rings (SSSR count). The van der Waals surface area contributed by atoms with E-state index in [0.717, 1.165) is 12.8 Å². The normalized spacial score (nSPS) is 11.7. The summed E-state index contributed by atoms with van der Waals surface area (Å²) in [5.74, 6) is 0.396. The Kier molecular flexibility index (Phi) is 7.17. The van der Waals surface area contributed by atoms with Crippen LogP contribution < -0.4 is 10.1 Å². The zero-order chi connectivity index (χ0) is 15.7. The molecular formula is C14H20N2O5. The summed E-state index contributed by atoms with van der Waals surface area (Å²) in [6.45, 7) is 2.50. The van der Waals surface area contributed by atoms with E-state index in [1.807, 2.05) is 6.92 Å². The molecule has 21 heavy (non-hydrogen) atoms. The number of amides is 1. The molecule has 1 unspecified atom stereocenters. The first-order chi connectivity index (χ1) is 10.0. The van der Waals surface area contributed by atoms with Crippen LogP contribution in [0.25, 0.3) is 0 Å². The Morgan fingerprint density at radius 3 is 2.67 bits per heavy atom. The minimum atomic E-state index is -0.496. The van der Waals surface area contributed by atoms with Gasteiger partial charge in [-0.15, -0.1) is 0 Å². The van der Waals surface area contributed by atoms with Crippen LogP contribution in [-0.4, -0.2) is 35.7 Å². The summed E-state index contributed by atoms with van der Waals surface area (Å²) >= 11 is 0. The number of hydrogen-bond donors (Lipinski definition) is 2. The first-order valence-corrected chi connectivity index (χ1v) is 6.77. The number of carbonyl (C=O) groups excluding carboxylic acids is 1. The van der Waals surface area contributed by atoms with Gasteiger partial charge in [0.15, 0.2) is 6.61 Å². The lowest BCUT2D eigenvalue weighted by molar-refractivity contribution is -0.384. The second kappa shape index (κ2) is 8.91. The highest BCUT2D eigenvalue weighted by Crippen LogP contribution is 2.17. The van der Waals surface area contributed by atoms with E-state index >= 15 is 0 Å². The van der Waals surface area contributed by atoms with Crippen molar-refractivity contribution in [2.24, 2.45) is 5.92 Å². The van der Waals surface area contributed by atoms with Gasteiger partial charge in [0.2, 0.25) is 0 Å². The molecule has 0 saturated heterocycles. The second-order valence-electron chi connectivity index (χ2n) is 4.82. The lowest BCUT2D eigenvalue weighted by Gasteiger charge is -2.09. The van der Waals surface area contributed by atoms with Crippen molar-refractivity contribution in [3.63, 3.8) is 0 Å². The summed E-state index contributed by atoms with van der Waals surface area (Å²) in [5.41, 5.74) is -0.0233. The van der Waals surface area contributed by atoms with Crippen LogP contribution in [0.5, 0.6) is 5.75 Å². The molecule has 0 fully saturated rings. The van der Waals surface area contributed by atoms with Gasteiger partial charge in [-0.1, -0.05) is 6.92 Å². The van der Waals surface area contributed by atoms with Crippen molar-refractivity contribution in [1.82, 2.24) is 5.32 Å². The van der Waals surface area contributed by atoms with Gasteiger partial charge in [0.1, 0.15) is 5.75 Å². The van der Waals surface area contributed by atoms with Crippen molar-refractivity contribution in [3.8, 4) is 5.75 Å². The first-order valence-electron chi connectivity index (χ1n) is 6.77. The lowest BCUT2D eigenvalue weighted by atomic mass is 10.1. The highest BCUT2D eigenvalue weighted by atomic mass is 16.6. The van der Waals surface area contributed by atoms with Crippen molar-refractivity contribution in [3.05, 3.63) is 34.4 Å². The first kappa shape index (κ1) is 16.9. The fraction of sp³-hybridized carbons (Fsp3) is 0.500. The number of ether oxygens (including phenoxy) is 1. The van der Waals surface area contributed by atoms with E-state index in [9.17, 15) is 14.9 Å². The molecule has 0 aliphatic rings. The molecule has 0 heterocycles. The van der Waals surface area contributed by atoms with Crippen molar-refractivity contribution in [1.29, 1.82) is 0 Å². The van der Waals surface area contributed by atoms with E-state index in [4.69, 9.17) is 9.84 Å². The Labute approximate surface area is 123 Å². The Morgan fingerprint density at radius 1 is 1.43 bits per heavy atom. The summed E-state index contributed by atoms with van der Waals surface area (Å²) in [5, 5.41) is 22.0. The smallest absolute Gasteiger partial charge is 0.269 e. The van der Waals surface area contributed by atoms with Gasteiger partial charge >= 0.3 is 0 Å². The molecule has 0 aliphatic carbocycles. The number of aliphatic hydroxyl groups excluding tert-OH is 1. The quantitative estimate of drug-likeness (QED) is 0.408. The maximum atomic E-state index is 11.5. The van der Waals surface area contributed by atoms with Crippen LogP contribution in [0.15, 0.2) is 24.3 Å². The summed E-state index contributed by atoms with van der Waals surface area (Å²) in [7, 11) is 0. The molecule has 0 aromatic heterocycles. The predicted molar refractivity (Wildman–Crippen MR) is 77.1 cm³/mol. The van der Waals surface area contributed by atoms with Crippen LogP contribution in [0.1, 0.15) is 19.8 Å². The fourth-order valence-electron chi connectivity index (χ4n) is 1.63. The molecule has 0 aliphatic heterocycles. The Bertz CT molecular complexity index is 461. The van der Waals surface area contributed by atoms with Crippen molar-refractivity contribution >= 4 is 11.6 Å². The molecule has 0 bridgehead atoms. The van der Waals surface area contributed by atoms with E-state index < -0.39 is 4.92 Å². The Balaban J connectivity index is 2.22. The molecule has 0 spiro atoms. The maximum Gasteiger partial charge on any atom is 0.269 e. The van der Waals surface area contributed by atoms with Gasteiger partial charge in [-0.2, -0.15) is 0 Å². The number of benzene rings is 1. The number of nitro groups is 1.